The van der Waals surface area contributed by atoms with Crippen LogP contribution in [0.4, 0.5) is 0 Å². The van der Waals surface area contributed by atoms with Gasteiger partial charge in [0.05, 0.1) is 12.5 Å². The van der Waals surface area contributed by atoms with Gasteiger partial charge >= 0.3 is 5.97 Å². The molecule has 88 valence electrons. The van der Waals surface area contributed by atoms with Gasteiger partial charge in [-0.05, 0) is 25.2 Å². The fraction of sp³-hybridized carbons (Fsp3) is 0.923. The molecule has 1 rings (SSSR count). The molecule has 2 heteroatoms. The SMILES string of the molecule is CCCC(C)COC(=O)C1CCCCC1. The minimum atomic E-state index is 0.0534. The number of rotatable bonds is 5. The molecule has 0 aromatic rings. The summed E-state index contributed by atoms with van der Waals surface area (Å²) in [4.78, 5) is 11.7. The first kappa shape index (κ1) is 12.5. The highest BCUT2D eigenvalue weighted by molar-refractivity contribution is 5.72. The summed E-state index contributed by atoms with van der Waals surface area (Å²) < 4.78 is 5.36. The Morgan fingerprint density at radius 3 is 2.60 bits per heavy atom. The van der Waals surface area contributed by atoms with Gasteiger partial charge in [0.2, 0.25) is 0 Å². The largest absolute Gasteiger partial charge is 0.465 e. The average Bonchev–Trinajstić information content (AvgIpc) is 2.27. The van der Waals surface area contributed by atoms with Crippen molar-refractivity contribution < 1.29 is 9.53 Å². The second-order valence-electron chi connectivity index (χ2n) is 4.86. The van der Waals surface area contributed by atoms with Crippen molar-refractivity contribution in [3.63, 3.8) is 0 Å². The highest BCUT2D eigenvalue weighted by Crippen LogP contribution is 2.24. The van der Waals surface area contributed by atoms with Crippen molar-refractivity contribution in [2.24, 2.45) is 11.8 Å². The smallest absolute Gasteiger partial charge is 0.308 e. The zero-order valence-corrected chi connectivity index (χ0v) is 10.1. The molecule has 0 N–H and O–H groups in total. The molecule has 0 bridgehead atoms. The molecule has 1 aliphatic carbocycles. The molecular weight excluding hydrogens is 188 g/mol. The lowest BCUT2D eigenvalue weighted by atomic mass is 9.89. The van der Waals surface area contributed by atoms with Gasteiger partial charge in [0.25, 0.3) is 0 Å². The van der Waals surface area contributed by atoms with Crippen molar-refractivity contribution in [3.8, 4) is 0 Å². The molecule has 0 aromatic carbocycles. The van der Waals surface area contributed by atoms with Crippen molar-refractivity contribution in [1.29, 1.82) is 0 Å². The predicted octanol–water partition coefficient (Wildman–Crippen LogP) is 3.55. The molecule has 15 heavy (non-hydrogen) atoms. The summed E-state index contributed by atoms with van der Waals surface area (Å²) in [6.07, 6.45) is 8.09. The zero-order chi connectivity index (χ0) is 11.1. The van der Waals surface area contributed by atoms with Gasteiger partial charge in [-0.15, -0.1) is 0 Å². The number of hydrogen-bond acceptors (Lipinski definition) is 2. The van der Waals surface area contributed by atoms with E-state index in [1.165, 1.54) is 25.7 Å². The third-order valence-corrected chi connectivity index (χ3v) is 3.23. The van der Waals surface area contributed by atoms with E-state index in [1.807, 2.05) is 0 Å². The van der Waals surface area contributed by atoms with Crippen LogP contribution in [0.25, 0.3) is 0 Å². The first-order valence-corrected chi connectivity index (χ1v) is 6.40. The molecular formula is C13H24O2. The lowest BCUT2D eigenvalue weighted by Crippen LogP contribution is -2.22. The third kappa shape index (κ3) is 4.67. The summed E-state index contributed by atoms with van der Waals surface area (Å²) in [6, 6.07) is 0. The van der Waals surface area contributed by atoms with E-state index in [4.69, 9.17) is 4.74 Å². The van der Waals surface area contributed by atoms with E-state index >= 15 is 0 Å². The molecule has 0 saturated heterocycles. The van der Waals surface area contributed by atoms with Gasteiger partial charge in [-0.3, -0.25) is 4.79 Å². The Hall–Kier alpha value is -0.530. The molecule has 0 heterocycles. The minimum Gasteiger partial charge on any atom is -0.465 e. The Labute approximate surface area is 93.4 Å². The van der Waals surface area contributed by atoms with Crippen LogP contribution in [0.5, 0.6) is 0 Å². The van der Waals surface area contributed by atoms with Crippen LogP contribution in [0.3, 0.4) is 0 Å². The number of hydrogen-bond donors (Lipinski definition) is 0. The standard InChI is InChI=1S/C13H24O2/c1-3-7-11(2)10-15-13(14)12-8-5-4-6-9-12/h11-12H,3-10H2,1-2H3. The van der Waals surface area contributed by atoms with Gasteiger partial charge in [0.1, 0.15) is 0 Å². The van der Waals surface area contributed by atoms with Crippen LogP contribution in [-0.4, -0.2) is 12.6 Å². The maximum atomic E-state index is 11.7. The van der Waals surface area contributed by atoms with Crippen molar-refractivity contribution in [3.05, 3.63) is 0 Å². The summed E-state index contributed by atoms with van der Waals surface area (Å²) in [5.74, 6) is 0.771. The van der Waals surface area contributed by atoms with Gasteiger partial charge < -0.3 is 4.74 Å². The third-order valence-electron chi connectivity index (χ3n) is 3.23. The van der Waals surface area contributed by atoms with Gasteiger partial charge in [-0.2, -0.15) is 0 Å². The van der Waals surface area contributed by atoms with Crippen LogP contribution in [0, 0.1) is 11.8 Å². The summed E-state index contributed by atoms with van der Waals surface area (Å²) >= 11 is 0. The van der Waals surface area contributed by atoms with Gasteiger partial charge in [-0.1, -0.05) is 39.5 Å². The quantitative estimate of drug-likeness (QED) is 0.651. The molecule has 0 radical (unpaired) electrons. The van der Waals surface area contributed by atoms with E-state index in [0.717, 1.165) is 19.3 Å². The Morgan fingerprint density at radius 1 is 1.33 bits per heavy atom. The van der Waals surface area contributed by atoms with E-state index in [-0.39, 0.29) is 11.9 Å². The fourth-order valence-corrected chi connectivity index (χ4v) is 2.26. The topological polar surface area (TPSA) is 26.3 Å². The molecule has 0 amide bonds. The maximum absolute atomic E-state index is 11.7. The maximum Gasteiger partial charge on any atom is 0.308 e. The second-order valence-corrected chi connectivity index (χ2v) is 4.86. The highest BCUT2D eigenvalue weighted by atomic mass is 16.5. The zero-order valence-electron chi connectivity index (χ0n) is 10.1. The Bertz CT molecular complexity index is 183. The van der Waals surface area contributed by atoms with Crippen LogP contribution in [0.1, 0.15) is 58.8 Å². The minimum absolute atomic E-state index is 0.0534. The van der Waals surface area contributed by atoms with Crippen molar-refractivity contribution in [1.82, 2.24) is 0 Å². The van der Waals surface area contributed by atoms with E-state index in [0.29, 0.717) is 12.5 Å². The average molecular weight is 212 g/mol. The van der Waals surface area contributed by atoms with Crippen molar-refractivity contribution >= 4 is 5.97 Å². The van der Waals surface area contributed by atoms with Crippen molar-refractivity contribution in [2.75, 3.05) is 6.61 Å². The summed E-state index contributed by atoms with van der Waals surface area (Å²) in [5.41, 5.74) is 0. The molecule has 1 atom stereocenters. The van der Waals surface area contributed by atoms with Crippen molar-refractivity contribution in [2.45, 2.75) is 58.8 Å². The van der Waals surface area contributed by atoms with E-state index < -0.39 is 0 Å². The van der Waals surface area contributed by atoms with Gasteiger partial charge in [-0.25, -0.2) is 0 Å². The van der Waals surface area contributed by atoms with Crippen LogP contribution >= 0.6 is 0 Å². The molecule has 2 nitrogen and oxygen atoms in total. The number of carbonyl (C=O) groups is 1. The lowest BCUT2D eigenvalue weighted by molar-refractivity contribution is -0.151. The number of carbonyl (C=O) groups excluding carboxylic acids is 1. The summed E-state index contributed by atoms with van der Waals surface area (Å²) in [6.45, 7) is 4.93. The second kappa shape index (κ2) is 6.86. The highest BCUT2D eigenvalue weighted by Gasteiger charge is 2.22. The van der Waals surface area contributed by atoms with Crippen LogP contribution in [0.15, 0.2) is 0 Å². The van der Waals surface area contributed by atoms with Crippen LogP contribution in [0.2, 0.25) is 0 Å². The van der Waals surface area contributed by atoms with Crippen LogP contribution in [-0.2, 0) is 9.53 Å². The summed E-state index contributed by atoms with van der Waals surface area (Å²) in [7, 11) is 0. The summed E-state index contributed by atoms with van der Waals surface area (Å²) in [5, 5.41) is 0. The molecule has 0 spiro atoms. The normalized spacial score (nSPS) is 19.9. The van der Waals surface area contributed by atoms with E-state index in [9.17, 15) is 4.79 Å². The molecule has 1 fully saturated rings. The lowest BCUT2D eigenvalue weighted by Gasteiger charge is -2.21. The first-order valence-electron chi connectivity index (χ1n) is 6.40. The van der Waals surface area contributed by atoms with Gasteiger partial charge in [0, 0.05) is 0 Å². The molecule has 1 saturated carbocycles. The molecule has 1 unspecified atom stereocenters. The predicted molar refractivity (Wildman–Crippen MR) is 61.6 cm³/mol. The number of ether oxygens (including phenoxy) is 1. The van der Waals surface area contributed by atoms with E-state index in [1.54, 1.807) is 0 Å². The Morgan fingerprint density at radius 2 is 2.00 bits per heavy atom. The van der Waals surface area contributed by atoms with E-state index in [2.05, 4.69) is 13.8 Å². The molecule has 0 aromatic heterocycles. The molecule has 1 aliphatic rings. The fourth-order valence-electron chi connectivity index (χ4n) is 2.26. The first-order chi connectivity index (χ1) is 7.24. The Kier molecular flexibility index (Phi) is 5.74. The van der Waals surface area contributed by atoms with Gasteiger partial charge in [0.15, 0.2) is 0 Å². The monoisotopic (exact) mass is 212 g/mol. The Balaban J connectivity index is 2.16. The number of esters is 1. The van der Waals surface area contributed by atoms with Crippen LogP contribution < -0.4 is 0 Å². The molecule has 0 aliphatic heterocycles.